The lowest BCUT2D eigenvalue weighted by Gasteiger charge is -2.13. The van der Waals surface area contributed by atoms with Gasteiger partial charge in [-0.15, -0.1) is 0 Å². The second-order valence-corrected chi connectivity index (χ2v) is 8.82. The summed E-state index contributed by atoms with van der Waals surface area (Å²) in [6, 6.07) is 16.8. The van der Waals surface area contributed by atoms with Crippen molar-refractivity contribution >= 4 is 17.8 Å². The van der Waals surface area contributed by atoms with Crippen LogP contribution >= 0.6 is 0 Å². The van der Waals surface area contributed by atoms with E-state index >= 15 is 0 Å². The van der Waals surface area contributed by atoms with E-state index in [1.165, 1.54) is 6.20 Å². The maximum atomic E-state index is 12.7. The van der Waals surface area contributed by atoms with E-state index in [1.54, 1.807) is 48.5 Å². The average Bonchev–Trinajstić information content (AvgIpc) is 3.63. The van der Waals surface area contributed by atoms with Gasteiger partial charge in [0.05, 0.1) is 11.9 Å². The Morgan fingerprint density at radius 2 is 1.68 bits per heavy atom. The smallest absolute Gasteiger partial charge is 0.326 e. The van der Waals surface area contributed by atoms with Crippen molar-refractivity contribution in [3.05, 3.63) is 83.9 Å². The Balaban J connectivity index is 1.46. The molecule has 2 aromatic heterocycles. The minimum Gasteiger partial charge on any atom is -0.480 e. The number of hydrogen-bond acceptors (Lipinski definition) is 6. The second-order valence-electron chi connectivity index (χ2n) is 8.82. The summed E-state index contributed by atoms with van der Waals surface area (Å²) < 4.78 is 5.66. The first-order chi connectivity index (χ1) is 18.4. The summed E-state index contributed by atoms with van der Waals surface area (Å²) in [5, 5.41) is 22.1. The molecule has 0 aliphatic carbocycles. The van der Waals surface area contributed by atoms with Gasteiger partial charge in [0.1, 0.15) is 11.7 Å². The number of aliphatic carboxylic acids is 1. The van der Waals surface area contributed by atoms with Crippen LogP contribution in [0.25, 0.3) is 22.7 Å². The molecule has 196 valence electrons. The molecule has 0 fully saturated rings. The molecule has 0 bridgehead atoms. The Bertz CT molecular complexity index is 1410. The summed E-state index contributed by atoms with van der Waals surface area (Å²) in [6.45, 7) is 4.04. The number of carboxylic acid groups (broad SMARTS) is 1. The molecule has 0 aliphatic heterocycles. The van der Waals surface area contributed by atoms with Gasteiger partial charge in [-0.25, -0.2) is 9.78 Å². The fourth-order valence-electron chi connectivity index (χ4n) is 3.95. The van der Waals surface area contributed by atoms with Crippen LogP contribution < -0.4 is 10.6 Å². The molecule has 4 N–H and O–H groups in total. The van der Waals surface area contributed by atoms with E-state index in [9.17, 15) is 19.5 Å². The van der Waals surface area contributed by atoms with Gasteiger partial charge in [-0.3, -0.25) is 14.7 Å². The standard InChI is InChI=1S/C28H29N5O5/c1-3-20(4-2)30-25(34)22-15-21(32-33-22)18-11-8-12-19(14-18)27-29-16-24(38-27)26(35)31-23(28(36)37)13-17-9-6-5-7-10-17/h5-12,14-16,20,23H,3-4,13H2,1-2H3,(H,30,34)(H,31,35)(H,32,33)(H,36,37). The van der Waals surface area contributed by atoms with Crippen molar-refractivity contribution in [3.63, 3.8) is 0 Å². The molecular weight excluding hydrogens is 486 g/mol. The van der Waals surface area contributed by atoms with Crippen LogP contribution in [-0.2, 0) is 11.2 Å². The average molecular weight is 516 g/mol. The van der Waals surface area contributed by atoms with Gasteiger partial charge in [0.2, 0.25) is 11.7 Å². The first-order valence-corrected chi connectivity index (χ1v) is 12.4. The second kappa shape index (κ2) is 12.0. The highest BCUT2D eigenvalue weighted by molar-refractivity contribution is 5.95. The number of rotatable bonds is 11. The lowest BCUT2D eigenvalue weighted by Crippen LogP contribution is -2.42. The quantitative estimate of drug-likeness (QED) is 0.235. The van der Waals surface area contributed by atoms with Gasteiger partial charge in [0.15, 0.2) is 0 Å². The third-order valence-electron chi connectivity index (χ3n) is 6.16. The van der Waals surface area contributed by atoms with Gasteiger partial charge >= 0.3 is 5.97 Å². The largest absolute Gasteiger partial charge is 0.480 e. The molecule has 2 heterocycles. The Hall–Kier alpha value is -4.73. The van der Waals surface area contributed by atoms with Crippen LogP contribution in [-0.4, -0.2) is 50.2 Å². The van der Waals surface area contributed by atoms with E-state index in [0.717, 1.165) is 24.0 Å². The number of benzene rings is 2. The molecule has 1 unspecified atom stereocenters. The van der Waals surface area contributed by atoms with Crippen LogP contribution in [0.2, 0.25) is 0 Å². The Morgan fingerprint density at radius 3 is 2.39 bits per heavy atom. The normalized spacial score (nSPS) is 11.8. The molecule has 2 aromatic carbocycles. The highest BCUT2D eigenvalue weighted by Gasteiger charge is 2.23. The third kappa shape index (κ3) is 6.33. The predicted molar refractivity (Wildman–Crippen MR) is 140 cm³/mol. The number of carboxylic acids is 1. The molecule has 0 saturated carbocycles. The summed E-state index contributed by atoms with van der Waals surface area (Å²) in [5.74, 6) is -1.96. The van der Waals surface area contributed by atoms with E-state index in [2.05, 4.69) is 25.8 Å². The lowest BCUT2D eigenvalue weighted by molar-refractivity contribution is -0.139. The van der Waals surface area contributed by atoms with Crippen molar-refractivity contribution in [2.45, 2.75) is 45.2 Å². The van der Waals surface area contributed by atoms with Crippen LogP contribution in [0.3, 0.4) is 0 Å². The van der Waals surface area contributed by atoms with E-state index in [1.807, 2.05) is 26.0 Å². The predicted octanol–water partition coefficient (Wildman–Crippen LogP) is 4.08. The van der Waals surface area contributed by atoms with E-state index in [4.69, 9.17) is 4.42 Å². The van der Waals surface area contributed by atoms with Crippen molar-refractivity contribution in [2.24, 2.45) is 0 Å². The highest BCUT2D eigenvalue weighted by atomic mass is 16.4. The number of carbonyl (C=O) groups excluding carboxylic acids is 2. The molecule has 4 aromatic rings. The van der Waals surface area contributed by atoms with Crippen molar-refractivity contribution in [2.75, 3.05) is 0 Å². The Morgan fingerprint density at radius 1 is 0.947 bits per heavy atom. The molecule has 2 amide bonds. The molecule has 0 saturated heterocycles. The van der Waals surface area contributed by atoms with Crippen LogP contribution in [0.15, 0.2) is 71.3 Å². The van der Waals surface area contributed by atoms with Crippen LogP contribution in [0.4, 0.5) is 0 Å². The Kier molecular flexibility index (Phi) is 8.32. The zero-order chi connectivity index (χ0) is 27.1. The van der Waals surface area contributed by atoms with Gasteiger partial charge < -0.3 is 20.2 Å². The lowest BCUT2D eigenvalue weighted by atomic mass is 10.1. The fraction of sp³-hybridized carbons (Fsp3) is 0.250. The molecule has 0 aliphatic rings. The number of hydrogen-bond donors (Lipinski definition) is 4. The van der Waals surface area contributed by atoms with Gasteiger partial charge in [-0.1, -0.05) is 56.3 Å². The number of aromatic amines is 1. The van der Waals surface area contributed by atoms with Crippen LogP contribution in [0, 0.1) is 0 Å². The molecule has 0 spiro atoms. The van der Waals surface area contributed by atoms with Crippen molar-refractivity contribution in [1.82, 2.24) is 25.8 Å². The first-order valence-electron chi connectivity index (χ1n) is 12.4. The molecular formula is C28H29N5O5. The number of amides is 2. The topological polar surface area (TPSA) is 150 Å². The van der Waals surface area contributed by atoms with E-state index in [-0.39, 0.29) is 30.0 Å². The minimum absolute atomic E-state index is 0.0955. The molecule has 0 radical (unpaired) electrons. The summed E-state index contributed by atoms with van der Waals surface area (Å²) in [4.78, 5) is 41.1. The number of nitrogens with one attached hydrogen (secondary N) is 3. The summed E-state index contributed by atoms with van der Waals surface area (Å²) in [6.07, 6.45) is 3.07. The highest BCUT2D eigenvalue weighted by Crippen LogP contribution is 2.26. The van der Waals surface area contributed by atoms with Crippen molar-refractivity contribution in [3.8, 4) is 22.7 Å². The monoisotopic (exact) mass is 515 g/mol. The van der Waals surface area contributed by atoms with Crippen LogP contribution in [0.1, 0.15) is 53.3 Å². The van der Waals surface area contributed by atoms with Gasteiger partial charge in [0.25, 0.3) is 11.8 Å². The molecule has 1 atom stereocenters. The molecule has 4 rings (SSSR count). The van der Waals surface area contributed by atoms with Gasteiger partial charge in [-0.2, -0.15) is 5.10 Å². The first kappa shape index (κ1) is 26.3. The third-order valence-corrected chi connectivity index (χ3v) is 6.16. The number of oxazole rings is 1. The van der Waals surface area contributed by atoms with Crippen molar-refractivity contribution < 1.29 is 23.9 Å². The zero-order valence-electron chi connectivity index (χ0n) is 21.1. The fourth-order valence-corrected chi connectivity index (χ4v) is 3.95. The number of aromatic nitrogens is 3. The SMILES string of the molecule is CCC(CC)NC(=O)c1cc(-c2cccc(-c3ncc(C(=O)NC(Cc4ccccc4)C(=O)O)o3)c2)n[nH]1. The maximum Gasteiger partial charge on any atom is 0.326 e. The number of nitrogens with zero attached hydrogens (tertiary/aromatic N) is 2. The molecule has 10 nitrogen and oxygen atoms in total. The molecule has 38 heavy (non-hydrogen) atoms. The van der Waals surface area contributed by atoms with E-state index < -0.39 is 17.9 Å². The van der Waals surface area contributed by atoms with Gasteiger partial charge in [0, 0.05) is 23.6 Å². The summed E-state index contributed by atoms with van der Waals surface area (Å²) in [7, 11) is 0. The number of carbonyl (C=O) groups is 3. The molecule has 10 heteroatoms. The van der Waals surface area contributed by atoms with Gasteiger partial charge in [-0.05, 0) is 36.6 Å². The van der Waals surface area contributed by atoms with Crippen molar-refractivity contribution in [1.29, 1.82) is 0 Å². The summed E-state index contributed by atoms with van der Waals surface area (Å²) in [5.41, 5.74) is 3.02. The minimum atomic E-state index is -1.15. The van der Waals surface area contributed by atoms with Crippen LogP contribution in [0.5, 0.6) is 0 Å². The maximum absolute atomic E-state index is 12.7. The van der Waals surface area contributed by atoms with E-state index in [0.29, 0.717) is 17.0 Å². The zero-order valence-corrected chi connectivity index (χ0v) is 21.1. The number of H-pyrrole nitrogens is 1. The Labute approximate surface area is 219 Å². The summed E-state index contributed by atoms with van der Waals surface area (Å²) >= 11 is 0.